The zero-order valence-electron chi connectivity index (χ0n) is 13.8. The summed E-state index contributed by atoms with van der Waals surface area (Å²) in [5.74, 6) is -0.137. The number of carbonyl (C=O) groups excluding carboxylic acids is 2. The highest BCUT2D eigenvalue weighted by Crippen LogP contribution is 2.24. The van der Waals surface area contributed by atoms with E-state index in [2.05, 4.69) is 18.6 Å². The van der Waals surface area contributed by atoms with E-state index in [0.717, 1.165) is 5.56 Å². The van der Waals surface area contributed by atoms with Gasteiger partial charge in [-0.05, 0) is 49.9 Å². The lowest BCUT2D eigenvalue weighted by atomic mass is 9.98. The van der Waals surface area contributed by atoms with Crippen molar-refractivity contribution >= 4 is 11.9 Å². The zero-order chi connectivity index (χ0) is 16.7. The van der Waals surface area contributed by atoms with Gasteiger partial charge < -0.3 is 14.2 Å². The molecule has 0 fully saturated rings. The molecule has 0 bridgehead atoms. The molecule has 122 valence electrons. The van der Waals surface area contributed by atoms with E-state index in [1.54, 1.807) is 13.8 Å². The van der Waals surface area contributed by atoms with Gasteiger partial charge in [-0.1, -0.05) is 19.9 Å². The largest absolute Gasteiger partial charge is 0.479 e. The minimum atomic E-state index is -0.793. The summed E-state index contributed by atoms with van der Waals surface area (Å²) >= 11 is 0. The van der Waals surface area contributed by atoms with Crippen LogP contribution in [0.3, 0.4) is 0 Å². The molecule has 5 heteroatoms. The van der Waals surface area contributed by atoms with Crippen LogP contribution >= 0.6 is 0 Å². The summed E-state index contributed by atoms with van der Waals surface area (Å²) in [4.78, 5) is 22.9. The summed E-state index contributed by atoms with van der Waals surface area (Å²) < 4.78 is 15.1. The Morgan fingerprint density at radius 2 is 1.82 bits per heavy atom. The van der Waals surface area contributed by atoms with Gasteiger partial charge >= 0.3 is 11.9 Å². The first-order valence-electron chi connectivity index (χ1n) is 7.44. The lowest BCUT2D eigenvalue weighted by Crippen LogP contribution is -2.28. The molecular formula is C17H24O5. The van der Waals surface area contributed by atoms with Crippen molar-refractivity contribution in [2.45, 2.75) is 46.6 Å². The number of aryl methyl sites for hydroxylation is 1. The van der Waals surface area contributed by atoms with Gasteiger partial charge in [0.1, 0.15) is 5.75 Å². The van der Waals surface area contributed by atoms with Gasteiger partial charge in [0.15, 0.2) is 12.7 Å². The number of rotatable bonds is 7. The number of hydrogen-bond acceptors (Lipinski definition) is 5. The number of carbonyl (C=O) groups is 2. The Kier molecular flexibility index (Phi) is 6.89. The second-order valence-corrected chi connectivity index (χ2v) is 5.35. The minimum Gasteiger partial charge on any atom is -0.479 e. The molecule has 0 saturated carbocycles. The van der Waals surface area contributed by atoms with Crippen LogP contribution in [0, 0.1) is 6.92 Å². The first-order chi connectivity index (χ1) is 10.3. The number of ether oxygens (including phenoxy) is 3. The number of hydrogen-bond donors (Lipinski definition) is 0. The van der Waals surface area contributed by atoms with Gasteiger partial charge in [0.2, 0.25) is 0 Å². The highest BCUT2D eigenvalue weighted by Gasteiger charge is 2.18. The van der Waals surface area contributed by atoms with E-state index in [1.807, 2.05) is 25.1 Å². The van der Waals surface area contributed by atoms with Gasteiger partial charge in [0.25, 0.3) is 0 Å². The van der Waals surface area contributed by atoms with Gasteiger partial charge in [-0.15, -0.1) is 0 Å². The molecule has 0 saturated heterocycles. The highest BCUT2D eigenvalue weighted by atomic mass is 16.6. The van der Waals surface area contributed by atoms with Crippen LogP contribution in [-0.4, -0.2) is 31.3 Å². The molecule has 5 nitrogen and oxygen atoms in total. The van der Waals surface area contributed by atoms with E-state index in [9.17, 15) is 9.59 Å². The maximum Gasteiger partial charge on any atom is 0.347 e. The predicted molar refractivity (Wildman–Crippen MR) is 83.0 cm³/mol. The van der Waals surface area contributed by atoms with Gasteiger partial charge in [-0.3, -0.25) is 0 Å². The molecular weight excluding hydrogens is 284 g/mol. The van der Waals surface area contributed by atoms with Crippen LogP contribution in [-0.2, 0) is 19.1 Å². The summed E-state index contributed by atoms with van der Waals surface area (Å²) in [5.41, 5.74) is 2.35. The van der Waals surface area contributed by atoms with E-state index in [4.69, 9.17) is 9.47 Å². The maximum atomic E-state index is 11.8. The van der Waals surface area contributed by atoms with E-state index < -0.39 is 24.6 Å². The van der Waals surface area contributed by atoms with Crippen LogP contribution in [0.5, 0.6) is 5.75 Å². The molecule has 0 aromatic heterocycles. The molecule has 1 aromatic rings. The zero-order valence-corrected chi connectivity index (χ0v) is 13.8. The standard InChI is InChI=1S/C17H24O5/c1-6-20-16(18)10-21-17(19)13(5)22-14-7-8-15(11(2)3)12(4)9-14/h7-9,11,13H,6,10H2,1-5H3. The molecule has 0 aliphatic rings. The van der Waals surface area contributed by atoms with Crippen molar-refractivity contribution < 1.29 is 23.8 Å². The maximum absolute atomic E-state index is 11.8. The Balaban J connectivity index is 2.57. The van der Waals surface area contributed by atoms with Crippen LogP contribution in [0.15, 0.2) is 18.2 Å². The summed E-state index contributed by atoms with van der Waals surface area (Å²) in [6.45, 7) is 9.38. The fourth-order valence-corrected chi connectivity index (χ4v) is 2.07. The van der Waals surface area contributed by atoms with Gasteiger partial charge in [-0.2, -0.15) is 0 Å². The van der Waals surface area contributed by atoms with Gasteiger partial charge in [0.05, 0.1) is 6.61 Å². The number of esters is 2. The third kappa shape index (κ3) is 5.39. The van der Waals surface area contributed by atoms with Crippen LogP contribution < -0.4 is 4.74 Å². The molecule has 1 rings (SSSR count). The predicted octanol–water partition coefficient (Wildman–Crippen LogP) is 2.99. The van der Waals surface area contributed by atoms with Crippen molar-refractivity contribution in [3.05, 3.63) is 29.3 Å². The van der Waals surface area contributed by atoms with Crippen molar-refractivity contribution in [1.82, 2.24) is 0 Å². The van der Waals surface area contributed by atoms with E-state index in [1.165, 1.54) is 5.56 Å². The average molecular weight is 308 g/mol. The molecule has 0 aliphatic carbocycles. The quantitative estimate of drug-likeness (QED) is 0.725. The molecule has 0 amide bonds. The second-order valence-electron chi connectivity index (χ2n) is 5.35. The number of benzene rings is 1. The third-order valence-corrected chi connectivity index (χ3v) is 3.15. The SMILES string of the molecule is CCOC(=O)COC(=O)C(C)Oc1ccc(C(C)C)c(C)c1. The fourth-order valence-electron chi connectivity index (χ4n) is 2.07. The van der Waals surface area contributed by atoms with E-state index in [-0.39, 0.29) is 6.61 Å². The monoisotopic (exact) mass is 308 g/mol. The van der Waals surface area contributed by atoms with Crippen LogP contribution in [0.2, 0.25) is 0 Å². The normalized spacial score (nSPS) is 11.9. The molecule has 1 unspecified atom stereocenters. The van der Waals surface area contributed by atoms with Gasteiger partial charge in [-0.25, -0.2) is 9.59 Å². The molecule has 0 heterocycles. The van der Waals surface area contributed by atoms with E-state index in [0.29, 0.717) is 11.7 Å². The topological polar surface area (TPSA) is 61.8 Å². The summed E-state index contributed by atoms with van der Waals surface area (Å²) in [6.07, 6.45) is -0.793. The molecule has 0 radical (unpaired) electrons. The van der Waals surface area contributed by atoms with Crippen molar-refractivity contribution in [2.75, 3.05) is 13.2 Å². The summed E-state index contributed by atoms with van der Waals surface area (Å²) in [5, 5.41) is 0. The van der Waals surface area contributed by atoms with Crippen molar-refractivity contribution in [1.29, 1.82) is 0 Å². The Morgan fingerprint density at radius 1 is 1.14 bits per heavy atom. The molecule has 0 aliphatic heterocycles. The third-order valence-electron chi connectivity index (χ3n) is 3.15. The molecule has 22 heavy (non-hydrogen) atoms. The first kappa shape index (κ1) is 18.0. The minimum absolute atomic E-state index is 0.254. The Morgan fingerprint density at radius 3 is 2.36 bits per heavy atom. The Labute approximate surface area is 131 Å². The van der Waals surface area contributed by atoms with Crippen molar-refractivity contribution in [3.63, 3.8) is 0 Å². The average Bonchev–Trinajstić information content (AvgIpc) is 2.44. The van der Waals surface area contributed by atoms with Crippen molar-refractivity contribution in [2.24, 2.45) is 0 Å². The molecule has 1 atom stereocenters. The summed E-state index contributed by atoms with van der Waals surface area (Å²) in [6, 6.07) is 5.72. The second kappa shape index (κ2) is 8.41. The smallest absolute Gasteiger partial charge is 0.347 e. The summed E-state index contributed by atoms with van der Waals surface area (Å²) in [7, 11) is 0. The lowest BCUT2D eigenvalue weighted by molar-refractivity contribution is -0.162. The molecule has 1 aromatic carbocycles. The van der Waals surface area contributed by atoms with Crippen LogP contribution in [0.1, 0.15) is 44.7 Å². The first-order valence-corrected chi connectivity index (χ1v) is 7.44. The molecule has 0 spiro atoms. The van der Waals surface area contributed by atoms with E-state index >= 15 is 0 Å². The Hall–Kier alpha value is -2.04. The van der Waals surface area contributed by atoms with Crippen molar-refractivity contribution in [3.8, 4) is 5.75 Å². The van der Waals surface area contributed by atoms with Crippen LogP contribution in [0.25, 0.3) is 0 Å². The van der Waals surface area contributed by atoms with Gasteiger partial charge in [0, 0.05) is 0 Å². The lowest BCUT2D eigenvalue weighted by Gasteiger charge is -2.16. The Bertz CT molecular complexity index is 522. The highest BCUT2D eigenvalue weighted by molar-refractivity contribution is 5.79. The molecule has 0 N–H and O–H groups in total. The fraction of sp³-hybridized carbons (Fsp3) is 0.529. The van der Waals surface area contributed by atoms with Crippen LogP contribution in [0.4, 0.5) is 0 Å².